The molecule has 3 aromatic heterocycles. The average molecular weight is 428 g/mol. The Morgan fingerprint density at radius 2 is 2.03 bits per heavy atom. The molecular weight excluding hydrogens is 402 g/mol. The van der Waals surface area contributed by atoms with Crippen LogP contribution in [0, 0.1) is 5.41 Å². The monoisotopic (exact) mass is 427 g/mol. The third kappa shape index (κ3) is 4.00. The van der Waals surface area contributed by atoms with Crippen LogP contribution in [-0.2, 0) is 13.0 Å². The van der Waals surface area contributed by atoms with E-state index in [2.05, 4.69) is 34.2 Å². The van der Waals surface area contributed by atoms with Crippen molar-refractivity contribution in [2.24, 2.45) is 5.41 Å². The Labute approximate surface area is 181 Å². The highest BCUT2D eigenvalue weighted by Gasteiger charge is 2.32. The smallest absolute Gasteiger partial charge is 0.213 e. The molecule has 0 spiro atoms. The molecule has 4 rings (SSSR count). The number of anilines is 1. The minimum absolute atomic E-state index is 0.177. The van der Waals surface area contributed by atoms with E-state index in [9.17, 15) is 5.11 Å². The predicted molar refractivity (Wildman–Crippen MR) is 117 cm³/mol. The summed E-state index contributed by atoms with van der Waals surface area (Å²) in [6.07, 6.45) is 5.22. The molecule has 1 aliphatic heterocycles. The molecule has 1 unspecified atom stereocenters. The van der Waals surface area contributed by atoms with Gasteiger partial charge in [0.15, 0.2) is 0 Å². The van der Waals surface area contributed by atoms with Crippen LogP contribution in [0.1, 0.15) is 37.9 Å². The molecule has 8 heteroatoms. The summed E-state index contributed by atoms with van der Waals surface area (Å²) in [4.78, 5) is 8.47. The summed E-state index contributed by atoms with van der Waals surface area (Å²) in [5, 5.41) is 18.9. The van der Waals surface area contributed by atoms with Gasteiger partial charge in [0, 0.05) is 47.7 Å². The zero-order chi connectivity index (χ0) is 21.5. The van der Waals surface area contributed by atoms with Crippen molar-refractivity contribution >= 4 is 17.4 Å². The SMILES string of the molecule is COc1cc([C@@H](C)C(O)Nc2cc(-c3cnn4c3CC(C)(C)C4)c(Cl)cn2)ccn1. The lowest BCUT2D eigenvalue weighted by atomic mass is 9.89. The van der Waals surface area contributed by atoms with E-state index < -0.39 is 6.23 Å². The van der Waals surface area contributed by atoms with Gasteiger partial charge in [-0.1, -0.05) is 32.4 Å². The Bertz CT molecular complexity index is 1070. The number of aromatic nitrogens is 4. The van der Waals surface area contributed by atoms with Gasteiger partial charge in [-0.2, -0.15) is 5.10 Å². The molecule has 0 bridgehead atoms. The van der Waals surface area contributed by atoms with Gasteiger partial charge in [0.25, 0.3) is 0 Å². The van der Waals surface area contributed by atoms with Crippen molar-refractivity contribution in [3.05, 3.63) is 53.1 Å². The summed E-state index contributed by atoms with van der Waals surface area (Å²) >= 11 is 6.48. The number of pyridine rings is 2. The summed E-state index contributed by atoms with van der Waals surface area (Å²) in [6.45, 7) is 7.29. The first-order valence-electron chi connectivity index (χ1n) is 9.92. The topological polar surface area (TPSA) is 85.1 Å². The molecular formula is C22H26ClN5O2. The van der Waals surface area contributed by atoms with Crippen molar-refractivity contribution in [3.63, 3.8) is 0 Å². The number of nitrogens with one attached hydrogen (secondary N) is 1. The Hall–Kier alpha value is -2.64. The van der Waals surface area contributed by atoms with Crippen molar-refractivity contribution in [2.75, 3.05) is 12.4 Å². The standard InChI is InChI=1S/C22H26ClN5O2/c1-13(14-5-6-24-20(7-14)30-4)21(29)27-19-8-15(17(23)11-25-19)16-10-26-28-12-22(2,3)9-18(16)28/h5-8,10-11,13,21,29H,9,12H2,1-4H3,(H,25,27)/t13-,21?/m1/s1. The first-order valence-corrected chi connectivity index (χ1v) is 10.3. The number of rotatable bonds is 6. The molecule has 4 heterocycles. The molecule has 0 fully saturated rings. The molecule has 0 saturated heterocycles. The highest BCUT2D eigenvalue weighted by atomic mass is 35.5. The van der Waals surface area contributed by atoms with Crippen LogP contribution in [0.2, 0.25) is 5.02 Å². The van der Waals surface area contributed by atoms with Gasteiger partial charge in [-0.05, 0) is 29.5 Å². The molecule has 3 aromatic rings. The zero-order valence-corrected chi connectivity index (χ0v) is 18.3. The maximum Gasteiger partial charge on any atom is 0.213 e. The van der Waals surface area contributed by atoms with E-state index in [1.165, 1.54) is 5.69 Å². The van der Waals surface area contributed by atoms with Crippen molar-refractivity contribution in [1.82, 2.24) is 19.7 Å². The third-order valence-electron chi connectivity index (χ3n) is 5.58. The van der Waals surface area contributed by atoms with Crippen LogP contribution in [0.3, 0.4) is 0 Å². The van der Waals surface area contributed by atoms with Gasteiger partial charge in [0.05, 0.1) is 18.3 Å². The van der Waals surface area contributed by atoms with E-state index in [0.717, 1.165) is 29.7 Å². The van der Waals surface area contributed by atoms with Gasteiger partial charge < -0.3 is 15.2 Å². The Morgan fingerprint density at radius 1 is 1.23 bits per heavy atom. The fourth-order valence-corrected chi connectivity index (χ4v) is 4.08. The number of hydrogen-bond donors (Lipinski definition) is 2. The highest BCUT2D eigenvalue weighted by molar-refractivity contribution is 6.33. The number of methoxy groups -OCH3 is 1. The maximum atomic E-state index is 10.7. The second kappa shape index (κ2) is 7.89. The number of halogens is 1. The van der Waals surface area contributed by atoms with Crippen molar-refractivity contribution in [3.8, 4) is 17.0 Å². The van der Waals surface area contributed by atoms with Gasteiger partial charge in [-0.25, -0.2) is 9.97 Å². The molecule has 0 amide bonds. The minimum Gasteiger partial charge on any atom is -0.481 e. The van der Waals surface area contributed by atoms with Crippen LogP contribution in [0.5, 0.6) is 5.88 Å². The summed E-state index contributed by atoms with van der Waals surface area (Å²) in [5.41, 5.74) is 4.14. The van der Waals surface area contributed by atoms with E-state index in [-0.39, 0.29) is 11.3 Å². The molecule has 7 nitrogen and oxygen atoms in total. The van der Waals surface area contributed by atoms with Crippen LogP contribution >= 0.6 is 11.6 Å². The van der Waals surface area contributed by atoms with Crippen LogP contribution in [0.25, 0.3) is 11.1 Å². The fraction of sp³-hybridized carbons (Fsp3) is 0.409. The summed E-state index contributed by atoms with van der Waals surface area (Å²) in [7, 11) is 1.57. The predicted octanol–water partition coefficient (Wildman–Crippen LogP) is 4.12. The molecule has 1 aliphatic rings. The minimum atomic E-state index is -0.851. The Kier molecular flexibility index (Phi) is 5.42. The van der Waals surface area contributed by atoms with Crippen LogP contribution in [-0.4, -0.2) is 38.2 Å². The normalized spacial score (nSPS) is 16.7. The summed E-state index contributed by atoms with van der Waals surface area (Å²) in [6, 6.07) is 5.54. The quantitative estimate of drug-likeness (QED) is 0.575. The molecule has 0 aliphatic carbocycles. The number of nitrogens with zero attached hydrogens (tertiary/aromatic N) is 4. The molecule has 30 heavy (non-hydrogen) atoms. The number of fused-ring (bicyclic) bond motifs is 1. The van der Waals surface area contributed by atoms with Crippen LogP contribution in [0.4, 0.5) is 5.82 Å². The largest absolute Gasteiger partial charge is 0.481 e. The number of aliphatic hydroxyl groups is 1. The molecule has 0 aromatic carbocycles. The van der Waals surface area contributed by atoms with Crippen molar-refractivity contribution < 1.29 is 9.84 Å². The highest BCUT2D eigenvalue weighted by Crippen LogP contribution is 2.39. The lowest BCUT2D eigenvalue weighted by Gasteiger charge is -2.21. The van der Waals surface area contributed by atoms with Crippen LogP contribution < -0.4 is 10.1 Å². The van der Waals surface area contributed by atoms with Gasteiger partial charge in [0.1, 0.15) is 12.0 Å². The van der Waals surface area contributed by atoms with E-state index in [4.69, 9.17) is 16.3 Å². The maximum absolute atomic E-state index is 10.7. The second-order valence-corrected chi connectivity index (χ2v) is 8.97. The summed E-state index contributed by atoms with van der Waals surface area (Å²) in [5.74, 6) is 0.854. The second-order valence-electron chi connectivity index (χ2n) is 8.56. The van der Waals surface area contributed by atoms with Gasteiger partial charge in [0.2, 0.25) is 5.88 Å². The van der Waals surface area contributed by atoms with Crippen LogP contribution in [0.15, 0.2) is 36.8 Å². The Balaban J connectivity index is 1.57. The number of hydrogen-bond acceptors (Lipinski definition) is 6. The van der Waals surface area contributed by atoms with E-state index in [0.29, 0.717) is 16.7 Å². The molecule has 158 valence electrons. The first kappa shape index (κ1) is 20.6. The van der Waals surface area contributed by atoms with Gasteiger partial charge >= 0.3 is 0 Å². The molecule has 2 N–H and O–H groups in total. The van der Waals surface area contributed by atoms with E-state index in [1.54, 1.807) is 19.5 Å². The summed E-state index contributed by atoms with van der Waals surface area (Å²) < 4.78 is 7.22. The van der Waals surface area contributed by atoms with Gasteiger partial charge in [-0.15, -0.1) is 0 Å². The lowest BCUT2D eigenvalue weighted by Crippen LogP contribution is -2.26. The molecule has 0 saturated carbocycles. The van der Waals surface area contributed by atoms with Crippen molar-refractivity contribution in [2.45, 2.75) is 45.9 Å². The zero-order valence-electron chi connectivity index (χ0n) is 17.6. The van der Waals surface area contributed by atoms with Gasteiger partial charge in [-0.3, -0.25) is 4.68 Å². The number of aliphatic hydroxyl groups excluding tert-OH is 1. The number of ether oxygens (including phenoxy) is 1. The lowest BCUT2D eigenvalue weighted by molar-refractivity contribution is 0.177. The van der Waals surface area contributed by atoms with E-state index >= 15 is 0 Å². The van der Waals surface area contributed by atoms with Crippen molar-refractivity contribution in [1.29, 1.82) is 0 Å². The third-order valence-corrected chi connectivity index (χ3v) is 5.88. The first-order chi connectivity index (χ1) is 14.3. The Morgan fingerprint density at radius 3 is 2.80 bits per heavy atom. The fourth-order valence-electron chi connectivity index (χ4n) is 3.88. The molecule has 0 radical (unpaired) electrons. The molecule has 2 atom stereocenters. The van der Waals surface area contributed by atoms with E-state index in [1.807, 2.05) is 36.0 Å². The average Bonchev–Trinajstić information content (AvgIpc) is 3.23.